The van der Waals surface area contributed by atoms with E-state index in [2.05, 4.69) is 15.5 Å². The van der Waals surface area contributed by atoms with Crippen LogP contribution in [0.15, 0.2) is 10.1 Å². The fourth-order valence-corrected chi connectivity index (χ4v) is 1.70. The minimum Gasteiger partial charge on any atom is -0.282 e. The van der Waals surface area contributed by atoms with Crippen molar-refractivity contribution in [3.63, 3.8) is 0 Å². The lowest BCUT2D eigenvalue weighted by molar-refractivity contribution is -0.111. The van der Waals surface area contributed by atoms with Gasteiger partial charge in [-0.2, -0.15) is 15.6 Å². The average molecular weight is 235 g/mol. The summed E-state index contributed by atoms with van der Waals surface area (Å²) in [6, 6.07) is 3.46. The number of nitrogens with zero attached hydrogens (tertiary/aromatic N) is 4. The lowest BCUT2D eigenvalue weighted by Crippen LogP contribution is -2.38. The number of rotatable bonds is 2. The van der Waals surface area contributed by atoms with Crippen molar-refractivity contribution in [3.05, 3.63) is 0 Å². The Hall–Kier alpha value is -1.86. The molecule has 1 N–H and O–H groups in total. The lowest BCUT2D eigenvalue weighted by atomic mass is 10.0. The zero-order valence-electron chi connectivity index (χ0n) is 8.81. The molecule has 7 heteroatoms. The summed E-state index contributed by atoms with van der Waals surface area (Å²) < 4.78 is 0. The Morgan fingerprint density at radius 1 is 1.56 bits per heavy atom. The van der Waals surface area contributed by atoms with Crippen LogP contribution >= 0.6 is 11.8 Å². The Bertz CT molecular complexity index is 452. The van der Waals surface area contributed by atoms with Crippen LogP contribution in [0.4, 0.5) is 0 Å². The number of hydrazone groups is 1. The van der Waals surface area contributed by atoms with E-state index in [-0.39, 0.29) is 11.5 Å². The summed E-state index contributed by atoms with van der Waals surface area (Å²) in [5, 5.41) is 21.4. The molecule has 0 aromatic heterocycles. The van der Waals surface area contributed by atoms with Crippen LogP contribution in [0.5, 0.6) is 0 Å². The summed E-state index contributed by atoms with van der Waals surface area (Å²) in [6.45, 7) is 3.51. The van der Waals surface area contributed by atoms with Crippen molar-refractivity contribution in [1.29, 1.82) is 10.5 Å². The molecule has 0 spiro atoms. The van der Waals surface area contributed by atoms with Crippen LogP contribution in [0.3, 0.4) is 0 Å². The van der Waals surface area contributed by atoms with Gasteiger partial charge in [0.1, 0.15) is 17.7 Å². The highest BCUT2D eigenvalue weighted by atomic mass is 32.2. The van der Waals surface area contributed by atoms with Crippen molar-refractivity contribution in [3.8, 4) is 12.1 Å². The molecule has 0 bridgehead atoms. The maximum Gasteiger partial charge on any atom is 0.242 e. The van der Waals surface area contributed by atoms with Gasteiger partial charge < -0.3 is 0 Å². The van der Waals surface area contributed by atoms with E-state index in [4.69, 9.17) is 10.5 Å². The number of amidine groups is 1. The van der Waals surface area contributed by atoms with Gasteiger partial charge in [-0.25, -0.2) is 4.99 Å². The Labute approximate surface area is 97.0 Å². The molecule has 82 valence electrons. The molecule has 16 heavy (non-hydrogen) atoms. The normalized spacial score (nSPS) is 17.2. The molecule has 6 nitrogen and oxygen atoms in total. The molecule has 0 atom stereocenters. The summed E-state index contributed by atoms with van der Waals surface area (Å²) in [4.78, 5) is 15.0. The molecule has 0 saturated heterocycles. The molecular formula is C9H9N5OS. The molecule has 1 heterocycles. The van der Waals surface area contributed by atoms with Gasteiger partial charge in [-0.3, -0.25) is 10.2 Å². The average Bonchev–Trinajstić information content (AvgIpc) is 2.24. The third-order valence-electron chi connectivity index (χ3n) is 1.79. The molecule has 1 rings (SSSR count). The van der Waals surface area contributed by atoms with Gasteiger partial charge in [0.15, 0.2) is 10.9 Å². The second kappa shape index (κ2) is 4.77. The van der Waals surface area contributed by atoms with Crippen molar-refractivity contribution in [2.75, 3.05) is 5.75 Å². The zero-order chi connectivity index (χ0) is 12.2. The number of aliphatic imine (C=N–C) groups is 1. The van der Waals surface area contributed by atoms with Crippen LogP contribution in [0.25, 0.3) is 0 Å². The second-order valence-electron chi connectivity index (χ2n) is 3.48. The monoisotopic (exact) mass is 235 g/mol. The molecule has 0 fully saturated rings. The highest BCUT2D eigenvalue weighted by Crippen LogP contribution is 2.18. The van der Waals surface area contributed by atoms with Crippen molar-refractivity contribution in [2.45, 2.75) is 19.4 Å². The largest absolute Gasteiger partial charge is 0.282 e. The van der Waals surface area contributed by atoms with E-state index in [9.17, 15) is 4.79 Å². The molecule has 0 saturated carbocycles. The zero-order valence-corrected chi connectivity index (χ0v) is 9.63. The third kappa shape index (κ3) is 2.81. The van der Waals surface area contributed by atoms with Crippen LogP contribution in [0, 0.1) is 22.7 Å². The Kier molecular flexibility index (Phi) is 3.64. The van der Waals surface area contributed by atoms with Gasteiger partial charge in [0.25, 0.3) is 0 Å². The maximum atomic E-state index is 10.8. The number of carbonyl (C=O) groups excluding carboxylic acids is 1. The van der Waals surface area contributed by atoms with E-state index >= 15 is 0 Å². The molecule has 1 aliphatic rings. The van der Waals surface area contributed by atoms with Crippen LogP contribution in [0.2, 0.25) is 0 Å². The number of nitrogens with one attached hydrogen (secondary N) is 1. The minimum absolute atomic E-state index is 0.0236. The number of thioether (sulfide) groups is 1. The van der Waals surface area contributed by atoms with Crippen molar-refractivity contribution in [1.82, 2.24) is 5.43 Å². The van der Waals surface area contributed by atoms with Gasteiger partial charge in [0.05, 0.1) is 5.75 Å². The molecule has 0 aliphatic carbocycles. The van der Waals surface area contributed by atoms with Crippen LogP contribution in [-0.2, 0) is 4.79 Å². The molecule has 0 aromatic carbocycles. The van der Waals surface area contributed by atoms with Crippen molar-refractivity contribution >= 4 is 28.4 Å². The number of hydrogen-bond acceptors (Lipinski definition) is 7. The smallest absolute Gasteiger partial charge is 0.242 e. The number of Topliss-reactive ketones (excluding diaryl/α,β-unsaturated/α-hetero) is 1. The highest BCUT2D eigenvalue weighted by Gasteiger charge is 2.28. The van der Waals surface area contributed by atoms with Crippen LogP contribution in [0.1, 0.15) is 13.8 Å². The van der Waals surface area contributed by atoms with E-state index in [1.807, 2.05) is 6.07 Å². The molecular weight excluding hydrogens is 226 g/mol. The highest BCUT2D eigenvalue weighted by molar-refractivity contribution is 8.14. The Balaban J connectivity index is 2.69. The minimum atomic E-state index is -0.696. The third-order valence-corrected chi connectivity index (χ3v) is 2.66. The van der Waals surface area contributed by atoms with Gasteiger partial charge in [0.2, 0.25) is 5.78 Å². The fraction of sp³-hybridized carbons (Fsp3) is 0.444. The fourth-order valence-electron chi connectivity index (χ4n) is 0.965. The molecule has 0 amide bonds. The van der Waals surface area contributed by atoms with Gasteiger partial charge in [0, 0.05) is 0 Å². The summed E-state index contributed by atoms with van der Waals surface area (Å²) >= 11 is 1.10. The van der Waals surface area contributed by atoms with E-state index < -0.39 is 11.3 Å². The summed E-state index contributed by atoms with van der Waals surface area (Å²) in [5.74, 6) is -0.502. The first-order chi connectivity index (χ1) is 7.49. The van der Waals surface area contributed by atoms with Crippen molar-refractivity contribution in [2.24, 2.45) is 10.1 Å². The first kappa shape index (κ1) is 12.2. The summed E-state index contributed by atoms with van der Waals surface area (Å²) in [6.07, 6.45) is 0. The molecule has 1 aliphatic heterocycles. The van der Waals surface area contributed by atoms with E-state index in [1.165, 1.54) is 6.07 Å². The first-order valence-electron chi connectivity index (χ1n) is 4.39. The van der Waals surface area contributed by atoms with Gasteiger partial charge in [-0.15, -0.1) is 0 Å². The topological polar surface area (TPSA) is 101 Å². The van der Waals surface area contributed by atoms with E-state index in [0.29, 0.717) is 5.17 Å². The molecule has 0 unspecified atom stereocenters. The molecule has 0 aromatic rings. The van der Waals surface area contributed by atoms with Crippen molar-refractivity contribution < 1.29 is 4.79 Å². The lowest BCUT2D eigenvalue weighted by Gasteiger charge is -2.23. The molecule has 0 radical (unpaired) electrons. The standard InChI is InChI=1S/C9H9N5OS/c1-9(2)7(4-11)13-14-8(12-9)16-5-6(15)3-10/h5H2,1-2H3,(H,12,14). The maximum absolute atomic E-state index is 10.8. The van der Waals surface area contributed by atoms with Gasteiger partial charge >= 0.3 is 0 Å². The summed E-state index contributed by atoms with van der Waals surface area (Å²) in [5.41, 5.74) is 2.16. The number of hydrogen-bond donors (Lipinski definition) is 1. The number of nitriles is 2. The SMILES string of the molecule is CC1(C)N=C(SCC(=O)C#N)NN=C1C#N. The second-order valence-corrected chi connectivity index (χ2v) is 4.45. The summed E-state index contributed by atoms with van der Waals surface area (Å²) in [7, 11) is 0. The predicted molar refractivity (Wildman–Crippen MR) is 60.8 cm³/mol. The van der Waals surface area contributed by atoms with Gasteiger partial charge in [-0.1, -0.05) is 11.8 Å². The number of ketones is 1. The van der Waals surface area contributed by atoms with Crippen LogP contribution in [-0.4, -0.2) is 28.0 Å². The van der Waals surface area contributed by atoms with Crippen LogP contribution < -0.4 is 5.43 Å². The quantitative estimate of drug-likeness (QED) is 0.699. The first-order valence-corrected chi connectivity index (χ1v) is 5.38. The predicted octanol–water partition coefficient (Wildman–Crippen LogP) is 0.430. The Morgan fingerprint density at radius 3 is 2.75 bits per heavy atom. The van der Waals surface area contributed by atoms with E-state index in [1.54, 1.807) is 13.8 Å². The number of carbonyl (C=O) groups is 1. The van der Waals surface area contributed by atoms with E-state index in [0.717, 1.165) is 11.8 Å². The van der Waals surface area contributed by atoms with Gasteiger partial charge in [-0.05, 0) is 13.8 Å². The Morgan fingerprint density at radius 2 is 2.25 bits per heavy atom.